The molecular formula is C15F28O7. The molecule has 0 aliphatic rings. The molecule has 0 saturated carbocycles. The molecule has 0 spiro atoms. The lowest BCUT2D eigenvalue weighted by Crippen LogP contribution is -2.67. The van der Waals surface area contributed by atoms with Gasteiger partial charge in [0.25, 0.3) is 0 Å². The number of carbonyl (C=O) groups is 2. The Kier molecular flexibility index (Phi) is 12.0. The number of carbonyl (C=O) groups excluding carboxylic acids is 2. The number of alkyl halides is 26. The number of halogens is 28. The Morgan fingerprint density at radius 2 is 0.480 bits per heavy atom. The zero-order chi connectivity index (χ0) is 41.2. The van der Waals surface area contributed by atoms with Crippen LogP contribution in [0.2, 0.25) is 0 Å². The normalized spacial score (nSPS) is 16.2. The van der Waals surface area contributed by atoms with Gasteiger partial charge in [0, 0.05) is 0 Å². The van der Waals surface area contributed by atoms with Crippen LogP contribution in [0.15, 0.2) is 0 Å². The van der Waals surface area contributed by atoms with Crippen LogP contribution in [0.3, 0.4) is 0 Å². The van der Waals surface area contributed by atoms with Gasteiger partial charge in [-0.15, -0.1) is 0 Å². The second-order valence-electron chi connectivity index (χ2n) is 7.95. The van der Waals surface area contributed by atoms with Crippen LogP contribution in [-0.4, -0.2) is 90.9 Å². The van der Waals surface area contributed by atoms with Crippen LogP contribution in [0, 0.1) is 0 Å². The highest BCUT2D eigenvalue weighted by atomic mass is 19.4. The smallest absolute Gasteiger partial charge is 0.254 e. The molecule has 0 bridgehead atoms. The van der Waals surface area contributed by atoms with Crippen LogP contribution < -0.4 is 0 Å². The van der Waals surface area contributed by atoms with E-state index in [9.17, 15) is 133 Å². The predicted octanol–water partition coefficient (Wildman–Crippen LogP) is 7.90. The Labute approximate surface area is 248 Å². The highest BCUT2D eigenvalue weighted by molar-refractivity contribution is 5.78. The van der Waals surface area contributed by atoms with Crippen LogP contribution in [0.5, 0.6) is 0 Å². The lowest BCUT2D eigenvalue weighted by molar-refractivity contribution is -0.590. The van der Waals surface area contributed by atoms with Gasteiger partial charge < -0.3 is 0 Å². The van der Waals surface area contributed by atoms with Gasteiger partial charge in [-0.3, -0.25) is 9.59 Å². The lowest BCUT2D eigenvalue weighted by atomic mass is 10.0. The van der Waals surface area contributed by atoms with Gasteiger partial charge >= 0.3 is 90.9 Å². The first kappa shape index (κ1) is 47.2. The highest BCUT2D eigenvalue weighted by Gasteiger charge is 2.87. The van der Waals surface area contributed by atoms with E-state index < -0.39 is 90.9 Å². The molecule has 0 amide bonds. The monoisotopic (exact) mass is 824 g/mol. The van der Waals surface area contributed by atoms with Crippen molar-refractivity contribution >= 4 is 12.1 Å². The summed E-state index contributed by atoms with van der Waals surface area (Å²) in [5.41, 5.74) is 0. The fourth-order valence-electron chi connectivity index (χ4n) is 1.89. The van der Waals surface area contributed by atoms with Gasteiger partial charge in [-0.1, -0.05) is 0 Å². The fraction of sp³-hybridized carbons (Fsp3) is 0.867. The maximum absolute atomic E-state index is 13.4. The molecule has 0 radical (unpaired) electrons. The number of rotatable bonds is 19. The molecule has 0 aliphatic carbocycles. The zero-order valence-corrected chi connectivity index (χ0v) is 20.9. The molecule has 0 atom stereocenters. The quantitative estimate of drug-likeness (QED) is 0.0969. The first-order valence-electron chi connectivity index (χ1n) is 9.99. The van der Waals surface area contributed by atoms with Crippen LogP contribution in [-0.2, 0) is 33.3 Å². The summed E-state index contributed by atoms with van der Waals surface area (Å²) in [5, 5.41) is 0. The molecule has 0 rings (SSSR count). The summed E-state index contributed by atoms with van der Waals surface area (Å²) in [4.78, 5) is 19.4. The Balaban J connectivity index is 6.46. The van der Waals surface area contributed by atoms with Crippen molar-refractivity contribution < 1.29 is 156 Å². The molecule has 7 nitrogen and oxygen atoms in total. The standard InChI is InChI=1S/C15F28O7/c16-1(44)3(18,19)5(22,23)6(24,25)7(26,27)47-10(32,33)11(34,35)49-14(40,41)15(42,43)50-13(38,39)12(36,37)48-9(30,31)8(28,29)46-4(20,21)2(17)45. The molecule has 0 fully saturated rings. The molecular weight excluding hydrogens is 824 g/mol. The molecule has 0 heterocycles. The zero-order valence-electron chi connectivity index (χ0n) is 20.9. The van der Waals surface area contributed by atoms with Crippen molar-refractivity contribution in [1.29, 1.82) is 0 Å². The van der Waals surface area contributed by atoms with E-state index in [-0.39, 0.29) is 0 Å². The summed E-state index contributed by atoms with van der Waals surface area (Å²) in [6.45, 7) is 0. The van der Waals surface area contributed by atoms with Gasteiger partial charge in [0.2, 0.25) is 0 Å². The Bertz CT molecular complexity index is 1260. The number of hydrogen-bond donors (Lipinski definition) is 0. The molecule has 0 saturated heterocycles. The summed E-state index contributed by atoms with van der Waals surface area (Å²) < 4.78 is 371. The average molecular weight is 824 g/mol. The van der Waals surface area contributed by atoms with Crippen molar-refractivity contribution in [3.8, 4) is 0 Å². The lowest BCUT2D eigenvalue weighted by Gasteiger charge is -2.38. The summed E-state index contributed by atoms with van der Waals surface area (Å²) in [6.07, 6.45) is -80.9. The topological polar surface area (TPSA) is 80.3 Å². The minimum Gasteiger partial charge on any atom is -0.254 e. The van der Waals surface area contributed by atoms with E-state index in [4.69, 9.17) is 0 Å². The summed E-state index contributed by atoms with van der Waals surface area (Å²) in [5.74, 6) is -24.6. The Morgan fingerprint density at radius 1 is 0.280 bits per heavy atom. The average Bonchev–Trinajstić information content (AvgIpc) is 2.79. The van der Waals surface area contributed by atoms with Gasteiger partial charge in [-0.25, -0.2) is 23.7 Å². The SMILES string of the molecule is O=C(F)C(F)(F)OC(F)(F)C(F)(F)OC(F)(F)C(F)(F)OC(F)(F)C(F)(F)OC(F)(F)C(F)(F)OC(F)(F)C(F)(F)C(F)(F)C(F)(F)C(=O)F. The van der Waals surface area contributed by atoms with Crippen molar-refractivity contribution in [1.82, 2.24) is 0 Å². The summed E-state index contributed by atoms with van der Waals surface area (Å²) >= 11 is 0. The minimum atomic E-state index is -8.57. The number of ether oxygens (including phenoxy) is 5. The van der Waals surface area contributed by atoms with Crippen LogP contribution >= 0.6 is 0 Å². The molecule has 50 heavy (non-hydrogen) atoms. The summed E-state index contributed by atoms with van der Waals surface area (Å²) in [6, 6.07) is -9.47. The maximum atomic E-state index is 13.4. The molecule has 35 heteroatoms. The third-order valence-electron chi connectivity index (χ3n) is 4.27. The highest BCUT2D eigenvalue weighted by Crippen LogP contribution is 2.57. The van der Waals surface area contributed by atoms with Crippen molar-refractivity contribution in [2.45, 2.75) is 78.9 Å². The van der Waals surface area contributed by atoms with Crippen molar-refractivity contribution in [2.75, 3.05) is 0 Å². The van der Waals surface area contributed by atoms with Crippen LogP contribution in [0.4, 0.5) is 123 Å². The third kappa shape index (κ3) is 8.45. The van der Waals surface area contributed by atoms with E-state index >= 15 is 0 Å². The van der Waals surface area contributed by atoms with E-state index in [0.29, 0.717) is 0 Å². The van der Waals surface area contributed by atoms with E-state index in [0.717, 1.165) is 18.9 Å². The Morgan fingerprint density at radius 3 is 0.680 bits per heavy atom. The largest absolute Gasteiger partial charge is 0.453 e. The van der Waals surface area contributed by atoms with Gasteiger partial charge in [0.05, 0.1) is 0 Å². The molecule has 0 N–H and O–H groups in total. The second-order valence-corrected chi connectivity index (χ2v) is 7.95. The first-order valence-corrected chi connectivity index (χ1v) is 9.99. The third-order valence-corrected chi connectivity index (χ3v) is 4.27. The van der Waals surface area contributed by atoms with E-state index in [1.54, 1.807) is 0 Å². The van der Waals surface area contributed by atoms with Gasteiger partial charge in [0.15, 0.2) is 0 Å². The first-order chi connectivity index (χ1) is 21.2. The van der Waals surface area contributed by atoms with Crippen molar-refractivity contribution in [3.05, 3.63) is 0 Å². The van der Waals surface area contributed by atoms with Gasteiger partial charge in [-0.05, 0) is 0 Å². The molecule has 0 unspecified atom stereocenters. The number of hydrogen-bond acceptors (Lipinski definition) is 7. The molecule has 0 aromatic carbocycles. The molecule has 0 aliphatic heterocycles. The molecule has 0 aromatic heterocycles. The van der Waals surface area contributed by atoms with Crippen molar-refractivity contribution in [2.24, 2.45) is 0 Å². The second kappa shape index (κ2) is 12.7. The van der Waals surface area contributed by atoms with Gasteiger partial charge in [-0.2, -0.15) is 123 Å². The van der Waals surface area contributed by atoms with E-state index in [1.165, 1.54) is 4.74 Å². The minimum absolute atomic E-state index is 0.956. The maximum Gasteiger partial charge on any atom is 0.453 e. The summed E-state index contributed by atoms with van der Waals surface area (Å²) in [7, 11) is 0. The predicted molar refractivity (Wildman–Crippen MR) is 82.0 cm³/mol. The molecule has 0 aromatic rings. The fourth-order valence-corrected chi connectivity index (χ4v) is 1.89. The molecule has 298 valence electrons. The van der Waals surface area contributed by atoms with Crippen LogP contribution in [0.25, 0.3) is 0 Å². The van der Waals surface area contributed by atoms with Gasteiger partial charge in [0.1, 0.15) is 0 Å². The van der Waals surface area contributed by atoms with E-state index in [2.05, 4.69) is 0 Å². The Hall–Kier alpha value is -2.82. The van der Waals surface area contributed by atoms with E-state index in [1.807, 2.05) is 0 Å². The van der Waals surface area contributed by atoms with Crippen LogP contribution in [0.1, 0.15) is 0 Å². The van der Waals surface area contributed by atoms with Crippen molar-refractivity contribution in [3.63, 3.8) is 0 Å².